The summed E-state index contributed by atoms with van der Waals surface area (Å²) in [6.07, 6.45) is 16.0. The third-order valence-corrected chi connectivity index (χ3v) is 26.7. The van der Waals surface area contributed by atoms with Crippen LogP contribution in [0.25, 0.3) is 41.7 Å². The zero-order valence-corrected chi connectivity index (χ0v) is 44.0. The lowest BCUT2D eigenvalue weighted by Gasteiger charge is -2.46. The van der Waals surface area contributed by atoms with Crippen molar-refractivity contribution in [3.63, 3.8) is 0 Å². The van der Waals surface area contributed by atoms with Gasteiger partial charge in [0.25, 0.3) is 0 Å². The molecular formula is C66H46N6SSi2. The highest BCUT2D eigenvalue weighted by molar-refractivity contribution is 7.26. The fraction of sp³-hybridized carbons (Fsp3) is 0.0303. The van der Waals surface area contributed by atoms with Gasteiger partial charge in [-0.05, 0) is 122 Å². The Labute approximate surface area is 440 Å². The Hall–Kier alpha value is -8.87. The lowest BCUT2D eigenvalue weighted by molar-refractivity contribution is 1.29. The van der Waals surface area contributed by atoms with E-state index in [1.807, 2.05) is 36.1 Å². The van der Waals surface area contributed by atoms with Crippen molar-refractivity contribution in [3.05, 3.63) is 255 Å². The van der Waals surface area contributed by atoms with Crippen LogP contribution in [0.2, 0.25) is 0 Å². The minimum atomic E-state index is -3.15. The van der Waals surface area contributed by atoms with Crippen LogP contribution in [0, 0.1) is 13.8 Å². The molecule has 13 aromatic rings. The Balaban J connectivity index is 1.09. The molecule has 15 rings (SSSR count). The van der Waals surface area contributed by atoms with E-state index >= 15 is 0 Å². The third-order valence-electron chi connectivity index (χ3n) is 16.0. The van der Waals surface area contributed by atoms with Crippen molar-refractivity contribution in [3.8, 4) is 0 Å². The van der Waals surface area contributed by atoms with E-state index in [0.29, 0.717) is 0 Å². The van der Waals surface area contributed by atoms with Gasteiger partial charge in [0.15, 0.2) is 16.1 Å². The quantitative estimate of drug-likeness (QED) is 0.122. The Bertz CT molecular complexity index is 4290. The van der Waals surface area contributed by atoms with E-state index in [0.717, 1.165) is 22.7 Å². The van der Waals surface area contributed by atoms with Crippen molar-refractivity contribution in [1.29, 1.82) is 0 Å². The molecule has 0 aliphatic carbocycles. The van der Waals surface area contributed by atoms with Crippen LogP contribution in [0.15, 0.2) is 244 Å². The maximum Gasteiger partial charge on any atom is 0.187 e. The van der Waals surface area contributed by atoms with E-state index in [1.165, 1.54) is 106 Å². The maximum atomic E-state index is 4.88. The van der Waals surface area contributed by atoms with Crippen LogP contribution in [-0.4, -0.2) is 36.1 Å². The highest BCUT2D eigenvalue weighted by Gasteiger charge is 2.52. The van der Waals surface area contributed by atoms with Gasteiger partial charge in [0.1, 0.15) is 0 Å². The monoisotopic (exact) mass is 1010 g/mol. The number of anilines is 6. The first-order valence-electron chi connectivity index (χ1n) is 25.5. The summed E-state index contributed by atoms with van der Waals surface area (Å²) >= 11 is 1.87. The molecule has 6 nitrogen and oxygen atoms in total. The maximum absolute atomic E-state index is 4.88. The fourth-order valence-electron chi connectivity index (χ4n) is 13.0. The van der Waals surface area contributed by atoms with E-state index in [2.05, 4.69) is 243 Å². The van der Waals surface area contributed by atoms with Gasteiger partial charge in [0.2, 0.25) is 0 Å². The molecule has 0 spiro atoms. The van der Waals surface area contributed by atoms with Gasteiger partial charge >= 0.3 is 0 Å². The number of pyridine rings is 4. The summed E-state index contributed by atoms with van der Waals surface area (Å²) in [6.45, 7) is 4.46. The molecule has 2 aliphatic heterocycles. The van der Waals surface area contributed by atoms with Gasteiger partial charge in [-0.1, -0.05) is 139 Å². The molecule has 0 bridgehead atoms. The number of para-hydroxylation sites is 3. The van der Waals surface area contributed by atoms with Crippen molar-refractivity contribution in [1.82, 2.24) is 19.9 Å². The summed E-state index contributed by atoms with van der Waals surface area (Å²) in [5, 5.41) is 17.4. The van der Waals surface area contributed by atoms with Crippen molar-refractivity contribution in [2.45, 2.75) is 13.8 Å². The van der Waals surface area contributed by atoms with E-state index < -0.39 is 16.1 Å². The number of aryl methyl sites for hydroxylation is 2. The number of fused-ring (bicyclic) bond motifs is 9. The third kappa shape index (κ3) is 6.17. The zero-order chi connectivity index (χ0) is 49.8. The van der Waals surface area contributed by atoms with E-state index in [1.54, 1.807) is 0 Å². The minimum absolute atomic E-state index is 1.16. The number of nitrogens with zero attached hydrogens (tertiary/aromatic N) is 6. The molecule has 75 heavy (non-hydrogen) atoms. The van der Waals surface area contributed by atoms with Gasteiger partial charge in [-0.2, -0.15) is 0 Å². The van der Waals surface area contributed by atoms with Crippen LogP contribution in [-0.2, 0) is 0 Å². The van der Waals surface area contributed by atoms with Crippen molar-refractivity contribution >= 4 is 145 Å². The average Bonchev–Trinajstić information content (AvgIpc) is 3.96. The smallest absolute Gasteiger partial charge is 0.187 e. The molecule has 0 radical (unpaired) electrons. The number of benzene rings is 8. The molecule has 354 valence electrons. The number of hydrogen-bond donors (Lipinski definition) is 0. The topological polar surface area (TPSA) is 58.0 Å². The average molecular weight is 1010 g/mol. The Morgan fingerprint density at radius 3 is 1.19 bits per heavy atom. The molecule has 9 heteroatoms. The predicted octanol–water partition coefficient (Wildman–Crippen LogP) is 10.9. The second-order valence-electron chi connectivity index (χ2n) is 19.9. The van der Waals surface area contributed by atoms with Crippen LogP contribution in [0.4, 0.5) is 34.1 Å². The summed E-state index contributed by atoms with van der Waals surface area (Å²) < 4.78 is 2.54. The summed E-state index contributed by atoms with van der Waals surface area (Å²) in [4.78, 5) is 24.6. The van der Waals surface area contributed by atoms with E-state index in [9.17, 15) is 0 Å². The van der Waals surface area contributed by atoms with Gasteiger partial charge in [-0.15, -0.1) is 11.3 Å². The van der Waals surface area contributed by atoms with E-state index in [4.69, 9.17) is 19.9 Å². The minimum Gasteiger partial charge on any atom is -0.309 e. The summed E-state index contributed by atoms with van der Waals surface area (Å²) in [7, 11) is -6.15. The lowest BCUT2D eigenvalue weighted by Crippen LogP contribution is -2.77. The number of thiophene rings is 1. The summed E-state index contributed by atoms with van der Waals surface area (Å²) in [6, 6.07) is 73.2. The molecule has 0 unspecified atom stereocenters. The highest BCUT2D eigenvalue weighted by atomic mass is 32.1. The molecule has 2 aliphatic rings. The zero-order valence-electron chi connectivity index (χ0n) is 41.2. The van der Waals surface area contributed by atoms with Crippen LogP contribution in [0.5, 0.6) is 0 Å². The lowest BCUT2D eigenvalue weighted by atomic mass is 9.93. The summed E-state index contributed by atoms with van der Waals surface area (Å²) in [5.74, 6) is 0. The molecule has 0 saturated heterocycles. The number of aromatic nitrogens is 4. The van der Waals surface area contributed by atoms with Gasteiger partial charge in [0, 0.05) is 114 Å². The molecule has 7 heterocycles. The number of hydrogen-bond acceptors (Lipinski definition) is 7. The van der Waals surface area contributed by atoms with Crippen molar-refractivity contribution < 1.29 is 0 Å². The number of rotatable bonds is 6. The predicted molar refractivity (Wildman–Crippen MR) is 319 cm³/mol. The molecule has 0 atom stereocenters. The SMILES string of the molecule is Cc1ccc2c(N3c4ccccc4[Si](c4cccnc4)(c4cccnc4)c4cc5c(cc43)sc3ccccc35)c3cc(C)ccc3c(N3c4ccccc4[Si](c4cccnc4)(c4cccnc4)c4ccccc43)c2c1. The van der Waals surface area contributed by atoms with Crippen LogP contribution < -0.4 is 51.3 Å². The molecule has 5 aromatic heterocycles. The normalized spacial score (nSPS) is 14.2. The van der Waals surface area contributed by atoms with Crippen LogP contribution >= 0.6 is 11.3 Å². The van der Waals surface area contributed by atoms with Gasteiger partial charge in [-0.25, -0.2) is 0 Å². The largest absolute Gasteiger partial charge is 0.309 e. The molecule has 0 saturated carbocycles. The van der Waals surface area contributed by atoms with Crippen molar-refractivity contribution in [2.75, 3.05) is 9.80 Å². The first-order valence-corrected chi connectivity index (χ1v) is 30.3. The summed E-state index contributed by atoms with van der Waals surface area (Å²) in [5.41, 5.74) is 9.39. The van der Waals surface area contributed by atoms with Gasteiger partial charge in [0.05, 0.1) is 11.4 Å². The Morgan fingerprint density at radius 1 is 0.320 bits per heavy atom. The second-order valence-corrected chi connectivity index (χ2v) is 28.5. The first kappa shape index (κ1) is 43.7. The van der Waals surface area contributed by atoms with Crippen LogP contribution in [0.1, 0.15) is 11.1 Å². The molecule has 0 fully saturated rings. The van der Waals surface area contributed by atoms with Gasteiger partial charge < -0.3 is 9.80 Å². The Kier molecular flexibility index (Phi) is 9.81. The van der Waals surface area contributed by atoms with Crippen molar-refractivity contribution in [2.24, 2.45) is 0 Å². The first-order chi connectivity index (χ1) is 37.0. The second kappa shape index (κ2) is 16.8. The molecule has 8 aromatic carbocycles. The van der Waals surface area contributed by atoms with Gasteiger partial charge in [-0.3, -0.25) is 19.9 Å². The molecule has 0 N–H and O–H groups in total. The van der Waals surface area contributed by atoms with E-state index in [-0.39, 0.29) is 0 Å². The fourth-order valence-corrected chi connectivity index (χ4v) is 24.1. The highest BCUT2D eigenvalue weighted by Crippen LogP contribution is 2.53. The van der Waals surface area contributed by atoms with Crippen LogP contribution in [0.3, 0.4) is 0 Å². The standard InChI is InChI=1S/C66H46N6SSi2/c1-43-28-30-51-53(35-43)65(71-55-20-4-8-24-61(55)74(45-15-11-31-67-39-45,46-16-12-32-68-40-46)62-25-9-5-21-56(62)71)50-29-27-44(2)36-54(50)66(51)72-57-22-6-10-26-63(57)75(47-17-13-33-69-41-47,48-18-14-34-70-42-48)64-37-52-49-19-3-7-23-59(49)73-60(52)38-58(64)72/h3-42H,1-2H3. The Morgan fingerprint density at radius 2 is 0.733 bits per heavy atom. The molecule has 0 amide bonds. The molecular weight excluding hydrogens is 965 g/mol.